The summed E-state index contributed by atoms with van der Waals surface area (Å²) in [5.41, 5.74) is 6.66. The zero-order valence-corrected chi connectivity index (χ0v) is 14.6. The zero-order chi connectivity index (χ0) is 18.2. The van der Waals surface area contributed by atoms with Crippen LogP contribution >= 0.6 is 0 Å². The van der Waals surface area contributed by atoms with Crippen molar-refractivity contribution in [2.45, 2.75) is 6.42 Å². The number of pyridine rings is 2. The van der Waals surface area contributed by atoms with E-state index in [1.54, 1.807) is 17.1 Å². The van der Waals surface area contributed by atoms with Gasteiger partial charge in [0, 0.05) is 66.5 Å². The lowest BCUT2D eigenvalue weighted by Gasteiger charge is -2.02. The predicted octanol–water partition coefficient (Wildman–Crippen LogP) is 2.73. The number of aromatic amines is 2. The van der Waals surface area contributed by atoms with Gasteiger partial charge in [-0.25, -0.2) is 4.98 Å². The summed E-state index contributed by atoms with van der Waals surface area (Å²) in [5.74, 6) is 0. The van der Waals surface area contributed by atoms with Gasteiger partial charge in [-0.1, -0.05) is 0 Å². The third-order valence-electron chi connectivity index (χ3n) is 4.57. The minimum Gasteiger partial charge on any atom is -0.345 e. The van der Waals surface area contributed by atoms with Crippen LogP contribution < -0.4 is 0 Å². The van der Waals surface area contributed by atoms with Gasteiger partial charge in [0.2, 0.25) is 0 Å². The van der Waals surface area contributed by atoms with Crippen LogP contribution in [0.5, 0.6) is 0 Å². The molecule has 5 rings (SSSR count). The summed E-state index contributed by atoms with van der Waals surface area (Å²) in [5, 5.41) is 16.8. The Kier molecular flexibility index (Phi) is 3.53. The van der Waals surface area contributed by atoms with Crippen molar-refractivity contribution in [3.8, 4) is 22.4 Å². The molecule has 8 nitrogen and oxygen atoms in total. The van der Waals surface area contributed by atoms with Crippen molar-refractivity contribution < 1.29 is 0 Å². The second kappa shape index (κ2) is 6.17. The molecular weight excluding hydrogens is 340 g/mol. The summed E-state index contributed by atoms with van der Waals surface area (Å²) in [7, 11) is 1.90. The van der Waals surface area contributed by atoms with Gasteiger partial charge in [0.15, 0.2) is 0 Å². The maximum atomic E-state index is 4.55. The normalized spacial score (nSPS) is 11.3. The van der Waals surface area contributed by atoms with E-state index < -0.39 is 0 Å². The minimum absolute atomic E-state index is 0.677. The first-order valence-electron chi connectivity index (χ1n) is 8.53. The Labute approximate surface area is 154 Å². The maximum Gasteiger partial charge on any atom is 0.137 e. The van der Waals surface area contributed by atoms with Crippen LogP contribution in [0.4, 0.5) is 0 Å². The third kappa shape index (κ3) is 2.77. The number of nitrogens with zero attached hydrogens (tertiary/aromatic N) is 6. The van der Waals surface area contributed by atoms with E-state index in [1.807, 2.05) is 44.0 Å². The van der Waals surface area contributed by atoms with Crippen molar-refractivity contribution in [3.63, 3.8) is 0 Å². The van der Waals surface area contributed by atoms with Crippen LogP contribution in [0.3, 0.4) is 0 Å². The molecule has 0 fully saturated rings. The number of fused-ring (bicyclic) bond motifs is 1. The molecule has 0 unspecified atom stereocenters. The van der Waals surface area contributed by atoms with Crippen LogP contribution in [0.2, 0.25) is 0 Å². The summed E-state index contributed by atoms with van der Waals surface area (Å²) < 4.78 is 1.78. The van der Waals surface area contributed by atoms with Gasteiger partial charge < -0.3 is 4.98 Å². The summed E-state index contributed by atoms with van der Waals surface area (Å²) in [6.45, 7) is 0. The lowest BCUT2D eigenvalue weighted by Crippen LogP contribution is -1.92. The fourth-order valence-corrected chi connectivity index (χ4v) is 3.21. The first-order chi connectivity index (χ1) is 13.3. The van der Waals surface area contributed by atoms with E-state index in [4.69, 9.17) is 0 Å². The van der Waals surface area contributed by atoms with Gasteiger partial charge in [-0.2, -0.15) is 20.5 Å². The number of aryl methyl sites for hydroxylation is 1. The topological polar surface area (TPSA) is 101 Å². The number of H-pyrrole nitrogens is 2. The molecule has 0 saturated carbocycles. The highest BCUT2D eigenvalue weighted by atomic mass is 15.3. The average molecular weight is 356 g/mol. The van der Waals surface area contributed by atoms with Crippen LogP contribution in [-0.4, -0.2) is 40.1 Å². The first-order valence-corrected chi connectivity index (χ1v) is 8.53. The standard InChI is InChI=1S/C19H16N8/c1-27-11-14(9-23-27)13-7-15-16(10-22-19(15)21-8-13)18-17(24-26-25-18)6-12-2-4-20-5-3-12/h2-5,7-11H,6H2,1H3,(H,21,22)(H,24,25,26). The van der Waals surface area contributed by atoms with Crippen molar-refractivity contribution in [1.29, 1.82) is 0 Å². The van der Waals surface area contributed by atoms with E-state index in [1.165, 1.54) is 0 Å². The molecule has 8 heteroatoms. The van der Waals surface area contributed by atoms with Gasteiger partial charge in [-0.15, -0.1) is 0 Å². The van der Waals surface area contributed by atoms with Gasteiger partial charge in [-0.05, 0) is 23.8 Å². The smallest absolute Gasteiger partial charge is 0.137 e. The Hall–Kier alpha value is -3.81. The van der Waals surface area contributed by atoms with E-state index in [0.29, 0.717) is 6.42 Å². The van der Waals surface area contributed by atoms with Gasteiger partial charge in [0.25, 0.3) is 0 Å². The SMILES string of the molecule is Cn1cc(-c2cnc3[nH]cc(-c4n[nH]nc4Cc4ccncc4)c3c2)cn1. The van der Waals surface area contributed by atoms with Crippen LogP contribution in [0.15, 0.2) is 55.4 Å². The van der Waals surface area contributed by atoms with E-state index in [-0.39, 0.29) is 0 Å². The van der Waals surface area contributed by atoms with E-state index >= 15 is 0 Å². The highest BCUT2D eigenvalue weighted by molar-refractivity contribution is 5.95. The van der Waals surface area contributed by atoms with Crippen LogP contribution in [-0.2, 0) is 13.5 Å². The lowest BCUT2D eigenvalue weighted by atomic mass is 10.0. The van der Waals surface area contributed by atoms with Crippen LogP contribution in [0, 0.1) is 0 Å². The predicted molar refractivity (Wildman–Crippen MR) is 101 cm³/mol. The molecule has 5 heterocycles. The zero-order valence-electron chi connectivity index (χ0n) is 14.6. The molecule has 27 heavy (non-hydrogen) atoms. The molecule has 132 valence electrons. The number of nitrogens with one attached hydrogen (secondary N) is 2. The van der Waals surface area contributed by atoms with E-state index in [0.717, 1.165) is 44.7 Å². The Balaban J connectivity index is 1.59. The van der Waals surface area contributed by atoms with E-state index in [2.05, 4.69) is 41.5 Å². The lowest BCUT2D eigenvalue weighted by molar-refractivity contribution is 0.768. The van der Waals surface area contributed by atoms with Crippen LogP contribution in [0.25, 0.3) is 33.4 Å². The number of hydrogen-bond donors (Lipinski definition) is 2. The van der Waals surface area contributed by atoms with Crippen molar-refractivity contribution in [3.05, 3.63) is 66.6 Å². The fraction of sp³-hybridized carbons (Fsp3) is 0.105. The second-order valence-corrected chi connectivity index (χ2v) is 6.38. The van der Waals surface area contributed by atoms with Gasteiger partial charge >= 0.3 is 0 Å². The van der Waals surface area contributed by atoms with Crippen molar-refractivity contribution in [1.82, 2.24) is 40.1 Å². The highest BCUT2D eigenvalue weighted by Crippen LogP contribution is 2.31. The molecule has 0 bridgehead atoms. The van der Waals surface area contributed by atoms with Gasteiger partial charge in [-0.3, -0.25) is 9.67 Å². The summed E-state index contributed by atoms with van der Waals surface area (Å²) in [4.78, 5) is 11.8. The Bertz CT molecular complexity index is 1210. The molecular formula is C19H16N8. The van der Waals surface area contributed by atoms with Crippen LogP contribution in [0.1, 0.15) is 11.3 Å². The Morgan fingerprint density at radius 2 is 1.96 bits per heavy atom. The molecule has 0 atom stereocenters. The molecule has 5 aromatic heterocycles. The maximum absolute atomic E-state index is 4.55. The second-order valence-electron chi connectivity index (χ2n) is 6.38. The number of hydrogen-bond acceptors (Lipinski definition) is 5. The van der Waals surface area contributed by atoms with Gasteiger partial charge in [0.05, 0.1) is 11.9 Å². The Morgan fingerprint density at radius 3 is 2.78 bits per heavy atom. The van der Waals surface area contributed by atoms with E-state index in [9.17, 15) is 0 Å². The van der Waals surface area contributed by atoms with Crippen molar-refractivity contribution in [2.75, 3.05) is 0 Å². The number of rotatable bonds is 4. The molecule has 2 N–H and O–H groups in total. The number of aromatic nitrogens is 8. The molecule has 0 saturated heterocycles. The molecule has 0 aliphatic rings. The minimum atomic E-state index is 0.677. The molecule has 0 aliphatic carbocycles. The summed E-state index contributed by atoms with van der Waals surface area (Å²) in [6, 6.07) is 6.07. The molecule has 0 amide bonds. The molecule has 0 radical (unpaired) electrons. The largest absolute Gasteiger partial charge is 0.345 e. The molecule has 0 aliphatic heterocycles. The quantitative estimate of drug-likeness (QED) is 0.516. The molecule has 0 spiro atoms. The van der Waals surface area contributed by atoms with Crippen molar-refractivity contribution in [2.24, 2.45) is 7.05 Å². The fourth-order valence-electron chi connectivity index (χ4n) is 3.21. The van der Waals surface area contributed by atoms with Gasteiger partial charge in [0.1, 0.15) is 11.3 Å². The average Bonchev–Trinajstić information content (AvgIpc) is 3.41. The highest BCUT2D eigenvalue weighted by Gasteiger charge is 2.16. The Morgan fingerprint density at radius 1 is 1.07 bits per heavy atom. The molecule has 0 aromatic carbocycles. The monoisotopic (exact) mass is 356 g/mol. The summed E-state index contributed by atoms with van der Waals surface area (Å²) >= 11 is 0. The molecule has 5 aromatic rings. The third-order valence-corrected chi connectivity index (χ3v) is 4.57. The first kappa shape index (κ1) is 15.4. The van der Waals surface area contributed by atoms with Crippen molar-refractivity contribution >= 4 is 11.0 Å². The summed E-state index contributed by atoms with van der Waals surface area (Å²) in [6.07, 6.45) is 11.8.